The maximum Gasteiger partial charge on any atom is 0.229 e. The van der Waals surface area contributed by atoms with Crippen LogP contribution >= 0.6 is 0 Å². The molecule has 3 rings (SSSR count). The molecule has 0 atom stereocenters. The van der Waals surface area contributed by atoms with Crippen LogP contribution in [0.2, 0.25) is 0 Å². The van der Waals surface area contributed by atoms with Gasteiger partial charge in [-0.2, -0.15) is 0 Å². The first-order chi connectivity index (χ1) is 14.8. The largest absolute Gasteiger partial charge is 0.493 e. The highest BCUT2D eigenvalue weighted by Crippen LogP contribution is 2.34. The van der Waals surface area contributed by atoms with Crippen LogP contribution in [0, 0.1) is 17.6 Å². The van der Waals surface area contributed by atoms with Gasteiger partial charge in [0, 0.05) is 48.9 Å². The normalized spacial score (nSPS) is 15.2. The molecule has 0 bridgehead atoms. The zero-order chi connectivity index (χ0) is 22.5. The molecule has 0 aliphatic carbocycles. The van der Waals surface area contributed by atoms with Crippen LogP contribution in [0.1, 0.15) is 32.3 Å². The molecule has 7 heteroatoms. The third-order valence-corrected chi connectivity index (χ3v) is 5.74. The zero-order valence-electron chi connectivity index (χ0n) is 18.5. The Morgan fingerprint density at radius 1 is 1.06 bits per heavy atom. The molecule has 1 amide bonds. The van der Waals surface area contributed by atoms with Gasteiger partial charge in [0.15, 0.2) is 11.5 Å². The molecule has 1 fully saturated rings. The maximum absolute atomic E-state index is 14.0. The van der Waals surface area contributed by atoms with Gasteiger partial charge in [0.1, 0.15) is 11.6 Å². The van der Waals surface area contributed by atoms with Crippen LogP contribution in [-0.4, -0.2) is 44.2 Å². The van der Waals surface area contributed by atoms with Crippen molar-refractivity contribution in [1.29, 1.82) is 0 Å². The van der Waals surface area contributed by atoms with Crippen LogP contribution in [-0.2, 0) is 11.3 Å². The average molecular weight is 433 g/mol. The first-order valence-corrected chi connectivity index (χ1v) is 10.6. The van der Waals surface area contributed by atoms with Gasteiger partial charge in [-0.15, -0.1) is 0 Å². The number of carbonyl (C=O) groups excluding carboxylic acids is 1. The first-order valence-electron chi connectivity index (χ1n) is 10.6. The molecule has 1 heterocycles. The number of anilines is 1. The van der Waals surface area contributed by atoms with Crippen LogP contribution in [0.15, 0.2) is 36.4 Å². The second-order valence-electron chi connectivity index (χ2n) is 8.11. The monoisotopic (exact) mass is 432 g/mol. The molecule has 2 aromatic rings. The Morgan fingerprint density at radius 3 is 2.23 bits per heavy atom. The molecule has 31 heavy (non-hydrogen) atoms. The van der Waals surface area contributed by atoms with Gasteiger partial charge in [0.2, 0.25) is 5.91 Å². The average Bonchev–Trinajstić information content (AvgIpc) is 2.77. The molecule has 2 aromatic carbocycles. The van der Waals surface area contributed by atoms with Gasteiger partial charge in [0.25, 0.3) is 0 Å². The van der Waals surface area contributed by atoms with E-state index in [2.05, 4.69) is 0 Å². The molecule has 0 aromatic heterocycles. The Labute approximate surface area is 182 Å². The quantitative estimate of drug-likeness (QED) is 0.640. The fourth-order valence-electron chi connectivity index (χ4n) is 4.01. The van der Waals surface area contributed by atoms with Gasteiger partial charge in [0.05, 0.1) is 14.2 Å². The molecule has 0 saturated carbocycles. The summed E-state index contributed by atoms with van der Waals surface area (Å²) in [7, 11) is 3.14. The van der Waals surface area contributed by atoms with E-state index in [1.807, 2.05) is 35.8 Å². The molecule has 0 spiro atoms. The van der Waals surface area contributed by atoms with Crippen molar-refractivity contribution in [1.82, 2.24) is 4.90 Å². The van der Waals surface area contributed by atoms with Crippen molar-refractivity contribution in [3.05, 3.63) is 53.6 Å². The molecule has 0 radical (unpaired) electrons. The Hall–Kier alpha value is -2.67. The van der Waals surface area contributed by atoms with E-state index in [0.717, 1.165) is 5.69 Å². The number of hydrogen-bond acceptors (Lipinski definition) is 4. The summed E-state index contributed by atoms with van der Waals surface area (Å²) in [5.74, 6) is -0.0171. The standard InChI is InChI=1S/C24H30F2N2O3/c1-16(2)24(29)28(18-8-9-22(30-3)23(14-18)31-4)17-10-12-27(13-11-17)15-19-20(25)6-5-7-21(19)26/h5-9,14,16-17H,10-13,15H2,1-4H3. The van der Waals surface area contributed by atoms with Crippen LogP contribution in [0.25, 0.3) is 0 Å². The van der Waals surface area contributed by atoms with E-state index in [1.54, 1.807) is 20.3 Å². The lowest BCUT2D eigenvalue weighted by Gasteiger charge is -2.39. The SMILES string of the molecule is COc1ccc(N(C(=O)C(C)C)C2CCN(Cc3c(F)cccc3F)CC2)cc1OC. The van der Waals surface area contributed by atoms with Gasteiger partial charge in [-0.05, 0) is 37.1 Å². The number of hydrogen-bond donors (Lipinski definition) is 0. The number of likely N-dealkylation sites (tertiary alicyclic amines) is 1. The molecule has 5 nitrogen and oxygen atoms in total. The Kier molecular flexibility index (Phi) is 7.49. The molecule has 1 saturated heterocycles. The fourth-order valence-corrected chi connectivity index (χ4v) is 4.01. The Balaban J connectivity index is 1.77. The van der Waals surface area contributed by atoms with Crippen molar-refractivity contribution >= 4 is 11.6 Å². The van der Waals surface area contributed by atoms with Gasteiger partial charge in [-0.3, -0.25) is 9.69 Å². The van der Waals surface area contributed by atoms with Crippen LogP contribution in [0.4, 0.5) is 14.5 Å². The van der Waals surface area contributed by atoms with Crippen LogP contribution in [0.3, 0.4) is 0 Å². The van der Waals surface area contributed by atoms with Crippen molar-refractivity contribution in [2.75, 3.05) is 32.2 Å². The Morgan fingerprint density at radius 2 is 1.68 bits per heavy atom. The minimum absolute atomic E-state index is 0.00489. The summed E-state index contributed by atoms with van der Waals surface area (Å²) in [5, 5.41) is 0. The minimum atomic E-state index is -0.524. The van der Waals surface area contributed by atoms with E-state index in [4.69, 9.17) is 9.47 Å². The fraction of sp³-hybridized carbons (Fsp3) is 0.458. The van der Waals surface area contributed by atoms with E-state index in [0.29, 0.717) is 37.4 Å². The highest BCUT2D eigenvalue weighted by Gasteiger charge is 2.31. The van der Waals surface area contributed by atoms with Crippen molar-refractivity contribution < 1.29 is 23.0 Å². The summed E-state index contributed by atoms with van der Waals surface area (Å²) in [5.41, 5.74) is 0.853. The van der Waals surface area contributed by atoms with Crippen molar-refractivity contribution in [2.24, 2.45) is 5.92 Å². The second-order valence-corrected chi connectivity index (χ2v) is 8.11. The highest BCUT2D eigenvalue weighted by atomic mass is 19.1. The molecule has 168 valence electrons. The molecule has 0 unspecified atom stereocenters. The van der Waals surface area contributed by atoms with E-state index in [9.17, 15) is 13.6 Å². The molecular formula is C24H30F2N2O3. The number of methoxy groups -OCH3 is 2. The van der Waals surface area contributed by atoms with Crippen LogP contribution < -0.4 is 14.4 Å². The van der Waals surface area contributed by atoms with Crippen LogP contribution in [0.5, 0.6) is 11.5 Å². The van der Waals surface area contributed by atoms with E-state index in [-0.39, 0.29) is 30.0 Å². The zero-order valence-corrected chi connectivity index (χ0v) is 18.5. The predicted octanol–water partition coefficient (Wildman–Crippen LogP) is 4.64. The van der Waals surface area contributed by atoms with Crippen molar-refractivity contribution in [3.63, 3.8) is 0 Å². The van der Waals surface area contributed by atoms with E-state index in [1.165, 1.54) is 18.2 Å². The molecular weight excluding hydrogens is 402 g/mol. The number of carbonyl (C=O) groups is 1. The third-order valence-electron chi connectivity index (χ3n) is 5.74. The summed E-state index contributed by atoms with van der Waals surface area (Å²) < 4.78 is 38.8. The number of halogens is 2. The summed E-state index contributed by atoms with van der Waals surface area (Å²) in [4.78, 5) is 17.0. The van der Waals surface area contributed by atoms with Gasteiger partial charge < -0.3 is 14.4 Å². The molecule has 0 N–H and O–H groups in total. The van der Waals surface area contributed by atoms with Crippen molar-refractivity contribution in [3.8, 4) is 11.5 Å². The number of nitrogens with zero attached hydrogens (tertiary/aromatic N) is 2. The number of benzene rings is 2. The van der Waals surface area contributed by atoms with Gasteiger partial charge in [-0.1, -0.05) is 19.9 Å². The number of ether oxygens (including phenoxy) is 2. The Bertz CT molecular complexity index is 891. The molecule has 1 aliphatic rings. The predicted molar refractivity (Wildman–Crippen MR) is 117 cm³/mol. The highest BCUT2D eigenvalue weighted by molar-refractivity contribution is 5.95. The summed E-state index contributed by atoms with van der Waals surface area (Å²) in [6.45, 7) is 5.28. The van der Waals surface area contributed by atoms with E-state index < -0.39 is 11.6 Å². The summed E-state index contributed by atoms with van der Waals surface area (Å²) >= 11 is 0. The topological polar surface area (TPSA) is 42.0 Å². The third kappa shape index (κ3) is 5.15. The lowest BCUT2D eigenvalue weighted by Crippen LogP contribution is -2.48. The van der Waals surface area contributed by atoms with Gasteiger partial charge in [-0.25, -0.2) is 8.78 Å². The summed E-state index contributed by atoms with van der Waals surface area (Å²) in [6, 6.07) is 9.42. The first kappa shape index (κ1) is 23.0. The maximum atomic E-state index is 14.0. The minimum Gasteiger partial charge on any atom is -0.493 e. The number of amides is 1. The lowest BCUT2D eigenvalue weighted by atomic mass is 9.99. The number of piperidine rings is 1. The molecule has 1 aliphatic heterocycles. The second kappa shape index (κ2) is 10.1. The van der Waals surface area contributed by atoms with Gasteiger partial charge >= 0.3 is 0 Å². The lowest BCUT2D eigenvalue weighted by molar-refractivity contribution is -0.122. The van der Waals surface area contributed by atoms with Crippen molar-refractivity contribution in [2.45, 2.75) is 39.3 Å². The smallest absolute Gasteiger partial charge is 0.229 e. The summed E-state index contributed by atoms with van der Waals surface area (Å²) in [6.07, 6.45) is 1.42. The number of rotatable bonds is 7. The van der Waals surface area contributed by atoms with E-state index >= 15 is 0 Å².